The summed E-state index contributed by atoms with van der Waals surface area (Å²) in [7, 11) is 0. The molecule has 4 atom stereocenters. The average molecular weight is 339 g/mol. The molecule has 0 spiro atoms. The van der Waals surface area contributed by atoms with E-state index in [-0.39, 0.29) is 57.9 Å². The van der Waals surface area contributed by atoms with Crippen molar-refractivity contribution in [2.75, 3.05) is 0 Å². The van der Waals surface area contributed by atoms with Gasteiger partial charge in [-0.1, -0.05) is 37.8 Å². The lowest BCUT2D eigenvalue weighted by Crippen LogP contribution is -2.24. The van der Waals surface area contributed by atoms with Gasteiger partial charge in [-0.3, -0.25) is 14.4 Å². The van der Waals surface area contributed by atoms with Crippen molar-refractivity contribution in [1.29, 1.82) is 0 Å². The van der Waals surface area contributed by atoms with Gasteiger partial charge in [0.2, 0.25) is 0 Å². The molecule has 4 rings (SSSR count). The van der Waals surface area contributed by atoms with Crippen LogP contribution in [0.5, 0.6) is 0 Å². The summed E-state index contributed by atoms with van der Waals surface area (Å²) in [6, 6.07) is 0. The van der Waals surface area contributed by atoms with Gasteiger partial charge in [0, 0.05) is 23.3 Å². The molecule has 0 saturated heterocycles. The van der Waals surface area contributed by atoms with Crippen LogP contribution in [0.4, 0.5) is 0 Å². The van der Waals surface area contributed by atoms with Crippen LogP contribution < -0.4 is 5.11 Å². The first-order valence-electron chi connectivity index (χ1n) is 9.51. The molecule has 4 nitrogen and oxygen atoms in total. The van der Waals surface area contributed by atoms with Gasteiger partial charge in [-0.15, -0.1) is 5.76 Å². The third-order valence-electron chi connectivity index (χ3n) is 6.47. The quantitative estimate of drug-likeness (QED) is 0.572. The zero-order chi connectivity index (χ0) is 17.6. The van der Waals surface area contributed by atoms with E-state index in [2.05, 4.69) is 0 Å². The molecule has 0 aliphatic heterocycles. The zero-order valence-electron chi connectivity index (χ0n) is 14.3. The maximum absolute atomic E-state index is 12.4. The van der Waals surface area contributed by atoms with Crippen molar-refractivity contribution < 1.29 is 19.5 Å². The van der Waals surface area contributed by atoms with Gasteiger partial charge < -0.3 is 5.11 Å². The maximum Gasteiger partial charge on any atom is 0.170 e. The molecule has 0 bridgehead atoms. The van der Waals surface area contributed by atoms with E-state index in [1.54, 1.807) is 6.08 Å². The van der Waals surface area contributed by atoms with Crippen LogP contribution in [0.1, 0.15) is 51.4 Å². The van der Waals surface area contributed by atoms with Crippen LogP contribution >= 0.6 is 0 Å². The molecule has 4 aliphatic carbocycles. The Morgan fingerprint density at radius 2 is 1.20 bits per heavy atom. The highest BCUT2D eigenvalue weighted by Crippen LogP contribution is 2.42. The molecule has 0 N–H and O–H groups in total. The summed E-state index contributed by atoms with van der Waals surface area (Å²) >= 11 is 0. The monoisotopic (exact) mass is 339 g/mol. The maximum atomic E-state index is 12.4. The van der Waals surface area contributed by atoms with E-state index in [9.17, 15) is 19.5 Å². The number of hydrogen-bond donors (Lipinski definition) is 0. The topological polar surface area (TPSA) is 74.3 Å². The molecule has 0 amide bonds. The molecular weight excluding hydrogens is 316 g/mol. The van der Waals surface area contributed by atoms with Gasteiger partial charge in [-0.25, -0.2) is 0 Å². The summed E-state index contributed by atoms with van der Waals surface area (Å²) in [5, 5.41) is 12.4. The standard InChI is InChI=1S/C21H24O4/c22-18-12-6-1-2-7-13(12)19(23)16(18)10-5-11-17-20(24)14-8-3-4-9-15(14)21(17)25/h5,10-15,22H,1-4,6-9H2/p-1. The predicted octanol–water partition coefficient (Wildman–Crippen LogP) is 2.43. The van der Waals surface area contributed by atoms with Crippen molar-refractivity contribution in [3.05, 3.63) is 35.1 Å². The van der Waals surface area contributed by atoms with Gasteiger partial charge in [-0.2, -0.15) is 0 Å². The van der Waals surface area contributed by atoms with E-state index >= 15 is 0 Å². The molecule has 3 saturated carbocycles. The summed E-state index contributed by atoms with van der Waals surface area (Å²) < 4.78 is 0. The Bertz CT molecular complexity index is 698. The molecule has 4 aliphatic rings. The Balaban J connectivity index is 1.55. The first kappa shape index (κ1) is 16.5. The van der Waals surface area contributed by atoms with Crippen molar-refractivity contribution in [3.8, 4) is 0 Å². The second kappa shape index (κ2) is 6.40. The molecule has 132 valence electrons. The molecule has 0 heterocycles. The molecule has 4 unspecified atom stereocenters. The molecule has 0 aromatic heterocycles. The van der Waals surface area contributed by atoms with Crippen molar-refractivity contribution >= 4 is 17.3 Å². The van der Waals surface area contributed by atoms with Gasteiger partial charge in [0.25, 0.3) is 0 Å². The van der Waals surface area contributed by atoms with Gasteiger partial charge in [0.15, 0.2) is 17.3 Å². The van der Waals surface area contributed by atoms with Gasteiger partial charge in [0.05, 0.1) is 5.57 Å². The lowest BCUT2D eigenvalue weighted by Gasteiger charge is -2.28. The van der Waals surface area contributed by atoms with E-state index < -0.39 is 0 Å². The third-order valence-corrected chi connectivity index (χ3v) is 6.47. The summed E-state index contributed by atoms with van der Waals surface area (Å²) in [6.45, 7) is 0. The van der Waals surface area contributed by atoms with E-state index in [4.69, 9.17) is 0 Å². The van der Waals surface area contributed by atoms with Crippen molar-refractivity contribution in [2.45, 2.75) is 51.4 Å². The number of fused-ring (bicyclic) bond motifs is 2. The number of Topliss-reactive ketones (excluding diaryl/α,β-unsaturated/α-hetero) is 3. The highest BCUT2D eigenvalue weighted by atomic mass is 16.3. The average Bonchev–Trinajstić information content (AvgIpc) is 3.03. The molecule has 3 fully saturated rings. The number of rotatable bonds is 2. The Morgan fingerprint density at radius 1 is 0.720 bits per heavy atom. The Labute approximate surface area is 147 Å². The minimum absolute atomic E-state index is 0.0536. The van der Waals surface area contributed by atoms with Crippen molar-refractivity contribution in [3.63, 3.8) is 0 Å². The highest BCUT2D eigenvalue weighted by molar-refractivity contribution is 6.27. The minimum Gasteiger partial charge on any atom is -0.875 e. The smallest absolute Gasteiger partial charge is 0.170 e. The number of ketones is 3. The van der Waals surface area contributed by atoms with Crippen molar-refractivity contribution in [1.82, 2.24) is 0 Å². The van der Waals surface area contributed by atoms with Crippen LogP contribution in [0, 0.1) is 23.7 Å². The van der Waals surface area contributed by atoms with Crippen LogP contribution in [0.2, 0.25) is 0 Å². The SMILES string of the molecule is O=C1C(=CC=CC2=C([O-])C3CCCCC3C2=O)C(=O)C2CCCCC12. The van der Waals surface area contributed by atoms with Crippen LogP contribution in [0.3, 0.4) is 0 Å². The Kier molecular flexibility index (Phi) is 4.22. The molecule has 0 aromatic carbocycles. The van der Waals surface area contributed by atoms with Crippen LogP contribution in [-0.4, -0.2) is 17.3 Å². The third kappa shape index (κ3) is 2.62. The van der Waals surface area contributed by atoms with E-state index in [0.29, 0.717) is 0 Å². The van der Waals surface area contributed by atoms with Crippen LogP contribution in [-0.2, 0) is 14.4 Å². The normalized spacial score (nSPS) is 35.5. The lowest BCUT2D eigenvalue weighted by molar-refractivity contribution is -0.316. The van der Waals surface area contributed by atoms with E-state index in [1.807, 2.05) is 0 Å². The fraction of sp³-hybridized carbons (Fsp3) is 0.571. The second-order valence-corrected chi connectivity index (χ2v) is 7.81. The highest BCUT2D eigenvalue weighted by Gasteiger charge is 2.45. The van der Waals surface area contributed by atoms with Crippen molar-refractivity contribution in [2.24, 2.45) is 23.7 Å². The summed E-state index contributed by atoms with van der Waals surface area (Å²) in [5.41, 5.74) is 0.508. The number of allylic oxidation sites excluding steroid dienone is 6. The molecule has 0 aromatic rings. The summed E-state index contributed by atoms with van der Waals surface area (Å²) in [5.74, 6) is -0.803. The lowest BCUT2D eigenvalue weighted by atomic mass is 9.80. The Morgan fingerprint density at radius 3 is 1.72 bits per heavy atom. The second-order valence-electron chi connectivity index (χ2n) is 7.81. The van der Waals surface area contributed by atoms with Gasteiger partial charge in [0.1, 0.15) is 0 Å². The fourth-order valence-corrected chi connectivity index (χ4v) is 5.13. The predicted molar refractivity (Wildman–Crippen MR) is 90.2 cm³/mol. The van der Waals surface area contributed by atoms with Gasteiger partial charge >= 0.3 is 0 Å². The number of carbonyl (C=O) groups excluding carboxylic acids is 3. The van der Waals surface area contributed by atoms with E-state index in [1.165, 1.54) is 12.2 Å². The minimum atomic E-state index is -0.147. The molecule has 0 radical (unpaired) electrons. The van der Waals surface area contributed by atoms with E-state index in [0.717, 1.165) is 51.4 Å². The first-order chi connectivity index (χ1) is 12.1. The first-order valence-corrected chi connectivity index (χ1v) is 9.51. The largest absolute Gasteiger partial charge is 0.875 e. The molecule has 25 heavy (non-hydrogen) atoms. The molecule has 4 heteroatoms. The van der Waals surface area contributed by atoms with Gasteiger partial charge in [-0.05, 0) is 37.7 Å². The van der Waals surface area contributed by atoms with Crippen LogP contribution in [0.15, 0.2) is 35.1 Å². The number of carbonyl (C=O) groups is 3. The molecular formula is C21H23O4-. The summed E-state index contributed by atoms with van der Waals surface area (Å²) in [6.07, 6.45) is 11.8. The number of hydrogen-bond acceptors (Lipinski definition) is 4. The zero-order valence-corrected chi connectivity index (χ0v) is 14.3. The summed E-state index contributed by atoms with van der Waals surface area (Å²) in [4.78, 5) is 37.3. The van der Waals surface area contributed by atoms with Crippen LogP contribution in [0.25, 0.3) is 0 Å². The fourth-order valence-electron chi connectivity index (χ4n) is 5.13. The Hall–Kier alpha value is -1.97.